The minimum atomic E-state index is 0.522. The molecule has 1 heterocycles. The number of rotatable bonds is 2. The van der Waals surface area contributed by atoms with Gasteiger partial charge in [-0.25, -0.2) is 0 Å². The molecule has 1 aromatic carbocycles. The van der Waals surface area contributed by atoms with Crippen molar-refractivity contribution in [2.45, 2.75) is 13.8 Å². The summed E-state index contributed by atoms with van der Waals surface area (Å²) in [7, 11) is 0. The van der Waals surface area contributed by atoms with Crippen molar-refractivity contribution in [1.29, 1.82) is 0 Å². The summed E-state index contributed by atoms with van der Waals surface area (Å²) >= 11 is 0. The molecule has 0 fully saturated rings. The van der Waals surface area contributed by atoms with Crippen LogP contribution in [0.5, 0.6) is 0 Å². The first-order valence-corrected chi connectivity index (χ1v) is 4.78. The monoisotopic (exact) mass is 200 g/mol. The van der Waals surface area contributed by atoms with Crippen LogP contribution in [0.15, 0.2) is 29.0 Å². The number of hydrogen-bond donors (Lipinski definition) is 0. The smallest absolute Gasteiger partial charge is 0.250 e. The first-order valence-electron chi connectivity index (χ1n) is 4.78. The van der Waals surface area contributed by atoms with Crippen LogP contribution in [-0.4, -0.2) is 10.1 Å². The predicted octanol–water partition coefficient (Wildman–Crippen LogP) is 2.86. The van der Waals surface area contributed by atoms with Gasteiger partial charge >= 0.3 is 0 Å². The standard InChI is InChI=1S/C12H12N2O/c1-9-3-4-11(7-10(9)2)5-6-12-13-8-14-15-12/h3-8H,1-2H3/b6-5+. The summed E-state index contributed by atoms with van der Waals surface area (Å²) in [6.07, 6.45) is 5.15. The average Bonchev–Trinajstić information content (AvgIpc) is 2.73. The summed E-state index contributed by atoms with van der Waals surface area (Å²) < 4.78 is 4.86. The van der Waals surface area contributed by atoms with E-state index in [2.05, 4.69) is 42.2 Å². The fourth-order valence-electron chi connectivity index (χ4n) is 1.29. The van der Waals surface area contributed by atoms with Gasteiger partial charge in [-0.3, -0.25) is 0 Å². The van der Waals surface area contributed by atoms with E-state index in [0.29, 0.717) is 5.89 Å². The van der Waals surface area contributed by atoms with Gasteiger partial charge in [0.1, 0.15) is 0 Å². The van der Waals surface area contributed by atoms with E-state index in [0.717, 1.165) is 5.56 Å². The molecular formula is C12H12N2O. The molecule has 0 aliphatic rings. The fourth-order valence-corrected chi connectivity index (χ4v) is 1.29. The SMILES string of the molecule is Cc1ccc(/C=C/c2ncno2)cc1C. The Morgan fingerprint density at radius 2 is 2.00 bits per heavy atom. The maximum absolute atomic E-state index is 4.86. The normalized spacial score (nSPS) is 11.1. The van der Waals surface area contributed by atoms with Crippen LogP contribution in [0.4, 0.5) is 0 Å². The molecule has 3 heteroatoms. The van der Waals surface area contributed by atoms with Gasteiger partial charge in [0.25, 0.3) is 0 Å². The Balaban J connectivity index is 2.21. The lowest BCUT2D eigenvalue weighted by molar-refractivity contribution is 0.409. The highest BCUT2D eigenvalue weighted by Gasteiger charge is 1.94. The van der Waals surface area contributed by atoms with Gasteiger partial charge in [-0.1, -0.05) is 23.4 Å². The topological polar surface area (TPSA) is 38.9 Å². The second kappa shape index (κ2) is 4.09. The average molecular weight is 200 g/mol. The Hall–Kier alpha value is -1.90. The van der Waals surface area contributed by atoms with Crippen LogP contribution < -0.4 is 0 Å². The molecule has 0 radical (unpaired) electrons. The fraction of sp³-hybridized carbons (Fsp3) is 0.167. The van der Waals surface area contributed by atoms with Crippen molar-refractivity contribution in [2.75, 3.05) is 0 Å². The van der Waals surface area contributed by atoms with Crippen molar-refractivity contribution in [3.63, 3.8) is 0 Å². The lowest BCUT2D eigenvalue weighted by Gasteiger charge is -1.99. The minimum Gasteiger partial charge on any atom is -0.335 e. The van der Waals surface area contributed by atoms with Gasteiger partial charge in [0, 0.05) is 6.08 Å². The molecule has 1 aromatic heterocycles. The number of hydrogen-bond acceptors (Lipinski definition) is 3. The maximum atomic E-state index is 4.86. The summed E-state index contributed by atoms with van der Waals surface area (Å²) in [6, 6.07) is 6.29. The van der Waals surface area contributed by atoms with Gasteiger partial charge in [-0.05, 0) is 36.6 Å². The van der Waals surface area contributed by atoms with E-state index < -0.39 is 0 Å². The summed E-state index contributed by atoms with van der Waals surface area (Å²) in [6.45, 7) is 4.19. The summed E-state index contributed by atoms with van der Waals surface area (Å²) in [5.41, 5.74) is 3.71. The first kappa shape index (κ1) is 9.65. The van der Waals surface area contributed by atoms with Gasteiger partial charge in [0.15, 0.2) is 6.33 Å². The molecule has 0 aliphatic carbocycles. The Morgan fingerprint density at radius 1 is 1.13 bits per heavy atom. The zero-order valence-electron chi connectivity index (χ0n) is 8.77. The van der Waals surface area contributed by atoms with Crippen molar-refractivity contribution < 1.29 is 4.52 Å². The molecule has 0 saturated heterocycles. The van der Waals surface area contributed by atoms with E-state index in [1.807, 2.05) is 6.08 Å². The van der Waals surface area contributed by atoms with Crippen LogP contribution in [-0.2, 0) is 0 Å². The van der Waals surface area contributed by atoms with Crippen molar-refractivity contribution >= 4 is 12.2 Å². The van der Waals surface area contributed by atoms with Gasteiger partial charge in [-0.2, -0.15) is 4.98 Å². The molecule has 0 aliphatic heterocycles. The molecule has 0 bridgehead atoms. The molecule has 15 heavy (non-hydrogen) atoms. The summed E-state index contributed by atoms with van der Waals surface area (Å²) in [4.78, 5) is 3.91. The molecule has 0 saturated carbocycles. The third kappa shape index (κ3) is 2.31. The third-order valence-electron chi connectivity index (χ3n) is 2.33. The highest BCUT2D eigenvalue weighted by Crippen LogP contribution is 2.12. The molecule has 76 valence electrons. The molecular weight excluding hydrogens is 188 g/mol. The number of benzene rings is 1. The second-order valence-corrected chi connectivity index (χ2v) is 3.46. The van der Waals surface area contributed by atoms with E-state index in [4.69, 9.17) is 4.52 Å². The predicted molar refractivity (Wildman–Crippen MR) is 59.1 cm³/mol. The van der Waals surface area contributed by atoms with Gasteiger partial charge in [0.05, 0.1) is 0 Å². The maximum Gasteiger partial charge on any atom is 0.250 e. The Labute approximate surface area is 88.4 Å². The number of aryl methyl sites for hydroxylation is 2. The molecule has 0 atom stereocenters. The number of nitrogens with zero attached hydrogens (tertiary/aromatic N) is 2. The molecule has 0 spiro atoms. The molecule has 2 rings (SSSR count). The van der Waals surface area contributed by atoms with E-state index in [1.165, 1.54) is 17.5 Å². The van der Waals surface area contributed by atoms with Gasteiger partial charge in [0.2, 0.25) is 5.89 Å². The first-order chi connectivity index (χ1) is 7.25. The van der Waals surface area contributed by atoms with Crippen LogP contribution >= 0.6 is 0 Å². The zero-order chi connectivity index (χ0) is 10.7. The van der Waals surface area contributed by atoms with E-state index in [-0.39, 0.29) is 0 Å². The quantitative estimate of drug-likeness (QED) is 0.748. The highest BCUT2D eigenvalue weighted by molar-refractivity contribution is 5.66. The Kier molecular flexibility index (Phi) is 2.63. The molecule has 2 aromatic rings. The van der Waals surface area contributed by atoms with Crippen LogP contribution in [0.25, 0.3) is 12.2 Å². The Morgan fingerprint density at radius 3 is 2.67 bits per heavy atom. The second-order valence-electron chi connectivity index (χ2n) is 3.46. The van der Waals surface area contributed by atoms with Crippen molar-refractivity contribution in [1.82, 2.24) is 10.1 Å². The van der Waals surface area contributed by atoms with Crippen molar-refractivity contribution in [2.24, 2.45) is 0 Å². The molecule has 3 nitrogen and oxygen atoms in total. The van der Waals surface area contributed by atoms with E-state index in [1.54, 1.807) is 6.08 Å². The summed E-state index contributed by atoms with van der Waals surface area (Å²) in [5.74, 6) is 0.522. The molecule has 0 amide bonds. The van der Waals surface area contributed by atoms with Crippen LogP contribution in [0.2, 0.25) is 0 Å². The molecule has 0 unspecified atom stereocenters. The molecule has 0 N–H and O–H groups in total. The van der Waals surface area contributed by atoms with E-state index in [9.17, 15) is 0 Å². The van der Waals surface area contributed by atoms with Crippen LogP contribution in [0.1, 0.15) is 22.6 Å². The lowest BCUT2D eigenvalue weighted by Crippen LogP contribution is -1.81. The highest BCUT2D eigenvalue weighted by atomic mass is 16.5. The van der Waals surface area contributed by atoms with Crippen molar-refractivity contribution in [3.8, 4) is 0 Å². The number of aromatic nitrogens is 2. The third-order valence-corrected chi connectivity index (χ3v) is 2.33. The van der Waals surface area contributed by atoms with Crippen LogP contribution in [0, 0.1) is 13.8 Å². The minimum absolute atomic E-state index is 0.522. The van der Waals surface area contributed by atoms with E-state index >= 15 is 0 Å². The lowest BCUT2D eigenvalue weighted by atomic mass is 10.1. The van der Waals surface area contributed by atoms with Gasteiger partial charge < -0.3 is 4.52 Å². The van der Waals surface area contributed by atoms with Crippen molar-refractivity contribution in [3.05, 3.63) is 47.1 Å². The van der Waals surface area contributed by atoms with Crippen LogP contribution in [0.3, 0.4) is 0 Å². The zero-order valence-corrected chi connectivity index (χ0v) is 8.77. The Bertz CT molecular complexity index is 472. The summed E-state index contributed by atoms with van der Waals surface area (Å²) in [5, 5.41) is 3.53. The largest absolute Gasteiger partial charge is 0.335 e. The van der Waals surface area contributed by atoms with Gasteiger partial charge in [-0.15, -0.1) is 0 Å².